The van der Waals surface area contributed by atoms with Crippen molar-refractivity contribution in [3.05, 3.63) is 89.7 Å². The van der Waals surface area contributed by atoms with E-state index in [1.807, 2.05) is 31.2 Å². The lowest BCUT2D eigenvalue weighted by atomic mass is 10.0. The van der Waals surface area contributed by atoms with Crippen molar-refractivity contribution in [2.75, 3.05) is 11.8 Å². The first-order valence-electron chi connectivity index (χ1n) is 9.65. The number of carbonyl (C=O) groups excluding carboxylic acids is 1. The Hall–Kier alpha value is -3.39. The highest BCUT2D eigenvalue weighted by molar-refractivity contribution is 7.92. The van der Waals surface area contributed by atoms with Crippen LogP contribution in [-0.4, -0.2) is 21.4 Å². The van der Waals surface area contributed by atoms with Crippen LogP contribution in [0.4, 0.5) is 10.1 Å². The molecule has 0 bridgehead atoms. The van der Waals surface area contributed by atoms with Crippen LogP contribution in [0.3, 0.4) is 0 Å². The number of sulfonamides is 1. The second-order valence-electron chi connectivity index (χ2n) is 6.85. The van der Waals surface area contributed by atoms with Gasteiger partial charge in [-0.15, -0.1) is 0 Å². The Morgan fingerprint density at radius 1 is 1.03 bits per heavy atom. The summed E-state index contributed by atoms with van der Waals surface area (Å²) in [5.41, 5.74) is 1.36. The zero-order valence-corrected chi connectivity index (χ0v) is 17.9. The van der Waals surface area contributed by atoms with Gasteiger partial charge in [0, 0.05) is 11.3 Å². The summed E-state index contributed by atoms with van der Waals surface area (Å²) in [5, 5.41) is 2.93. The molecule has 0 fully saturated rings. The minimum absolute atomic E-state index is 0.0676. The van der Waals surface area contributed by atoms with Crippen LogP contribution >= 0.6 is 0 Å². The highest BCUT2D eigenvalue weighted by Crippen LogP contribution is 2.22. The Kier molecular flexibility index (Phi) is 6.91. The maximum Gasteiger partial charge on any atom is 0.261 e. The molecule has 0 aromatic heterocycles. The number of anilines is 1. The maximum absolute atomic E-state index is 13.1. The molecule has 1 atom stereocenters. The molecule has 0 spiro atoms. The summed E-state index contributed by atoms with van der Waals surface area (Å²) in [5.74, 6) is -0.137. The molecule has 0 radical (unpaired) electrons. The van der Waals surface area contributed by atoms with E-state index in [1.165, 1.54) is 30.3 Å². The fraction of sp³-hybridized carbons (Fsp3) is 0.174. The van der Waals surface area contributed by atoms with Crippen molar-refractivity contribution in [1.29, 1.82) is 0 Å². The van der Waals surface area contributed by atoms with Crippen LogP contribution in [0.15, 0.2) is 77.7 Å². The van der Waals surface area contributed by atoms with Gasteiger partial charge in [0.25, 0.3) is 15.9 Å². The van der Waals surface area contributed by atoms with Gasteiger partial charge in [-0.3, -0.25) is 9.52 Å². The number of hydrogen-bond donors (Lipinski definition) is 2. The second-order valence-corrected chi connectivity index (χ2v) is 8.53. The van der Waals surface area contributed by atoms with E-state index in [0.717, 1.165) is 23.4 Å². The first-order valence-corrected chi connectivity index (χ1v) is 11.1. The number of ether oxygens (including phenoxy) is 1. The van der Waals surface area contributed by atoms with Gasteiger partial charge in [-0.2, -0.15) is 0 Å². The SMILES string of the molecule is CC[C@H](NC(=O)c1cccc(S(=O)(=O)Nc2ccc(F)cc2)c1)c1ccc(OC)cc1. The van der Waals surface area contributed by atoms with E-state index in [4.69, 9.17) is 4.74 Å². The normalized spacial score (nSPS) is 12.1. The van der Waals surface area contributed by atoms with Gasteiger partial charge in [0.05, 0.1) is 18.0 Å². The van der Waals surface area contributed by atoms with Gasteiger partial charge >= 0.3 is 0 Å². The van der Waals surface area contributed by atoms with E-state index in [9.17, 15) is 17.6 Å². The largest absolute Gasteiger partial charge is 0.497 e. The highest BCUT2D eigenvalue weighted by atomic mass is 32.2. The van der Waals surface area contributed by atoms with Gasteiger partial charge < -0.3 is 10.1 Å². The third-order valence-corrected chi connectivity index (χ3v) is 6.11. The van der Waals surface area contributed by atoms with Crippen molar-refractivity contribution in [3.63, 3.8) is 0 Å². The Balaban J connectivity index is 1.77. The average Bonchev–Trinajstić information content (AvgIpc) is 2.79. The number of carbonyl (C=O) groups is 1. The molecule has 0 heterocycles. The van der Waals surface area contributed by atoms with Crippen LogP contribution in [0.1, 0.15) is 35.3 Å². The lowest BCUT2D eigenvalue weighted by Gasteiger charge is -2.18. The Labute approximate surface area is 181 Å². The standard InChI is InChI=1S/C23H23FN2O4S/c1-3-22(16-7-13-20(30-2)14-8-16)25-23(27)17-5-4-6-21(15-17)31(28,29)26-19-11-9-18(24)10-12-19/h4-15,22,26H,3H2,1-2H3,(H,25,27)/t22-/m0/s1. The molecule has 3 aromatic rings. The third kappa shape index (κ3) is 5.61. The quantitative estimate of drug-likeness (QED) is 0.537. The molecule has 2 N–H and O–H groups in total. The van der Waals surface area contributed by atoms with Crippen molar-refractivity contribution >= 4 is 21.6 Å². The molecular formula is C23H23FN2O4S. The highest BCUT2D eigenvalue weighted by Gasteiger charge is 2.19. The van der Waals surface area contributed by atoms with Crippen LogP contribution in [0, 0.1) is 5.82 Å². The predicted molar refractivity (Wildman–Crippen MR) is 117 cm³/mol. The molecule has 6 nitrogen and oxygen atoms in total. The molecule has 3 aromatic carbocycles. The van der Waals surface area contributed by atoms with Crippen molar-refractivity contribution in [3.8, 4) is 5.75 Å². The van der Waals surface area contributed by atoms with Gasteiger partial charge in [0.1, 0.15) is 11.6 Å². The van der Waals surface area contributed by atoms with Crippen LogP contribution in [-0.2, 0) is 10.0 Å². The van der Waals surface area contributed by atoms with Crippen LogP contribution < -0.4 is 14.8 Å². The summed E-state index contributed by atoms with van der Waals surface area (Å²) in [7, 11) is -2.36. The molecule has 0 saturated heterocycles. The van der Waals surface area contributed by atoms with E-state index in [0.29, 0.717) is 6.42 Å². The van der Waals surface area contributed by atoms with Gasteiger partial charge in [-0.1, -0.05) is 25.1 Å². The first-order chi connectivity index (χ1) is 14.8. The number of hydrogen-bond acceptors (Lipinski definition) is 4. The predicted octanol–water partition coefficient (Wildman–Crippen LogP) is 4.52. The molecule has 8 heteroatoms. The molecule has 3 rings (SSSR count). The summed E-state index contributed by atoms with van der Waals surface area (Å²) in [6.07, 6.45) is 0.655. The number of halogens is 1. The first kappa shape index (κ1) is 22.3. The lowest BCUT2D eigenvalue weighted by Crippen LogP contribution is -2.28. The monoisotopic (exact) mass is 442 g/mol. The zero-order valence-electron chi connectivity index (χ0n) is 17.1. The fourth-order valence-corrected chi connectivity index (χ4v) is 4.14. The number of amides is 1. The zero-order chi connectivity index (χ0) is 22.4. The second kappa shape index (κ2) is 9.61. The van der Waals surface area contributed by atoms with E-state index in [1.54, 1.807) is 13.2 Å². The minimum Gasteiger partial charge on any atom is -0.497 e. The summed E-state index contributed by atoms with van der Waals surface area (Å²) >= 11 is 0. The van der Waals surface area contributed by atoms with Crippen LogP contribution in [0.25, 0.3) is 0 Å². The molecule has 0 aliphatic rings. The van der Waals surface area contributed by atoms with E-state index in [-0.39, 0.29) is 28.1 Å². The third-order valence-electron chi connectivity index (χ3n) is 4.73. The lowest BCUT2D eigenvalue weighted by molar-refractivity contribution is 0.0935. The molecular weight excluding hydrogens is 419 g/mol. The Morgan fingerprint density at radius 2 is 1.71 bits per heavy atom. The molecule has 0 aliphatic heterocycles. The minimum atomic E-state index is -3.94. The van der Waals surface area contributed by atoms with Gasteiger partial charge in [-0.05, 0) is 66.6 Å². The molecule has 0 saturated carbocycles. The molecule has 0 unspecified atom stereocenters. The summed E-state index contributed by atoms with van der Waals surface area (Å²) < 4.78 is 45.9. The Bertz CT molecular complexity index is 1150. The summed E-state index contributed by atoms with van der Waals surface area (Å²) in [6.45, 7) is 1.95. The molecule has 162 valence electrons. The van der Waals surface area contributed by atoms with Crippen molar-refractivity contribution in [2.24, 2.45) is 0 Å². The average molecular weight is 443 g/mol. The van der Waals surface area contributed by atoms with Gasteiger partial charge in [0.2, 0.25) is 0 Å². The molecule has 31 heavy (non-hydrogen) atoms. The van der Waals surface area contributed by atoms with Crippen molar-refractivity contribution in [1.82, 2.24) is 5.32 Å². The van der Waals surface area contributed by atoms with Crippen LogP contribution in [0.2, 0.25) is 0 Å². The Morgan fingerprint density at radius 3 is 2.32 bits per heavy atom. The van der Waals surface area contributed by atoms with Crippen LogP contribution in [0.5, 0.6) is 5.75 Å². The maximum atomic E-state index is 13.1. The van der Waals surface area contributed by atoms with E-state index in [2.05, 4.69) is 10.0 Å². The fourth-order valence-electron chi connectivity index (χ4n) is 3.04. The van der Waals surface area contributed by atoms with E-state index >= 15 is 0 Å². The number of benzene rings is 3. The molecule has 0 aliphatic carbocycles. The summed E-state index contributed by atoms with van der Waals surface area (Å²) in [4.78, 5) is 12.7. The van der Waals surface area contributed by atoms with Crippen molar-refractivity contribution < 1.29 is 22.3 Å². The topological polar surface area (TPSA) is 84.5 Å². The van der Waals surface area contributed by atoms with E-state index < -0.39 is 15.8 Å². The smallest absolute Gasteiger partial charge is 0.261 e. The molecule has 1 amide bonds. The van der Waals surface area contributed by atoms with Gasteiger partial charge in [-0.25, -0.2) is 12.8 Å². The number of rotatable bonds is 8. The number of methoxy groups -OCH3 is 1. The van der Waals surface area contributed by atoms with Gasteiger partial charge in [0.15, 0.2) is 0 Å². The summed E-state index contributed by atoms with van der Waals surface area (Å²) in [6, 6.07) is 17.9. The van der Waals surface area contributed by atoms with Crippen molar-refractivity contribution in [2.45, 2.75) is 24.3 Å². The number of nitrogens with one attached hydrogen (secondary N) is 2.